The topological polar surface area (TPSA) is 100 Å². The quantitative estimate of drug-likeness (QED) is 0.672. The van der Waals surface area contributed by atoms with Crippen molar-refractivity contribution in [2.24, 2.45) is 0 Å². The lowest BCUT2D eigenvalue weighted by Crippen LogP contribution is -2.65. The van der Waals surface area contributed by atoms with Gasteiger partial charge in [0.1, 0.15) is 6.04 Å². The van der Waals surface area contributed by atoms with Crippen molar-refractivity contribution in [2.45, 2.75) is 18.4 Å². The van der Waals surface area contributed by atoms with Crippen molar-refractivity contribution in [1.29, 1.82) is 0 Å². The lowest BCUT2D eigenvalue weighted by molar-refractivity contribution is -0.124. The largest absolute Gasteiger partial charge is 0.366 e. The maximum absolute atomic E-state index is 13.0. The first-order chi connectivity index (χ1) is 13.4. The van der Waals surface area contributed by atoms with Crippen molar-refractivity contribution in [3.63, 3.8) is 0 Å². The van der Waals surface area contributed by atoms with Crippen molar-refractivity contribution in [1.82, 2.24) is 15.5 Å². The van der Waals surface area contributed by atoms with Crippen LogP contribution >= 0.6 is 11.6 Å². The Bertz CT molecular complexity index is 809. The highest BCUT2D eigenvalue weighted by molar-refractivity contribution is 6.30. The summed E-state index contributed by atoms with van der Waals surface area (Å²) in [4.78, 5) is 40.9. The van der Waals surface area contributed by atoms with Crippen LogP contribution in [0.4, 0.5) is 10.5 Å². The summed E-state index contributed by atoms with van der Waals surface area (Å²) in [5, 5.41) is 5.93. The highest BCUT2D eigenvalue weighted by Gasteiger charge is 2.49. The molecule has 0 spiro atoms. The molecule has 0 radical (unpaired) electrons. The van der Waals surface area contributed by atoms with Crippen LogP contribution in [0.3, 0.4) is 0 Å². The molecule has 0 aliphatic carbocycles. The Morgan fingerprint density at radius 2 is 1.89 bits per heavy atom. The summed E-state index contributed by atoms with van der Waals surface area (Å²) in [5.41, 5.74) is 0.690. The van der Waals surface area contributed by atoms with Gasteiger partial charge in [-0.2, -0.15) is 0 Å². The summed E-state index contributed by atoms with van der Waals surface area (Å²) in [5.74, 6) is -0.837. The van der Waals surface area contributed by atoms with Crippen LogP contribution in [0.25, 0.3) is 0 Å². The molecule has 10 heteroatoms. The van der Waals surface area contributed by atoms with Crippen molar-refractivity contribution >= 4 is 35.1 Å². The zero-order valence-corrected chi connectivity index (χ0v) is 16.4. The summed E-state index contributed by atoms with van der Waals surface area (Å²) < 4.78 is 10.1. The van der Waals surface area contributed by atoms with Crippen LogP contribution in [-0.2, 0) is 19.1 Å². The Labute approximate surface area is 167 Å². The molecule has 28 heavy (non-hydrogen) atoms. The number of imide groups is 1. The van der Waals surface area contributed by atoms with Gasteiger partial charge in [-0.1, -0.05) is 11.6 Å². The Kier molecular flexibility index (Phi) is 5.87. The van der Waals surface area contributed by atoms with E-state index in [2.05, 4.69) is 10.6 Å². The van der Waals surface area contributed by atoms with Gasteiger partial charge >= 0.3 is 6.03 Å². The molecule has 0 bridgehead atoms. The van der Waals surface area contributed by atoms with E-state index in [0.29, 0.717) is 10.7 Å². The molecule has 2 aliphatic rings. The summed E-state index contributed by atoms with van der Waals surface area (Å²) in [6.07, 6.45) is 0.963. The molecule has 0 aromatic heterocycles. The number of urea groups is 1. The number of anilines is 1. The molecule has 1 fully saturated rings. The first kappa shape index (κ1) is 20.1. The number of nitrogens with one attached hydrogen (secondary N) is 2. The minimum absolute atomic E-state index is 0.128. The number of hydrogen-bond donors (Lipinski definition) is 2. The van der Waals surface area contributed by atoms with Crippen LogP contribution in [-0.4, -0.2) is 68.9 Å². The number of carbonyl (C=O) groups excluding carboxylic acids is 3. The third-order valence-corrected chi connectivity index (χ3v) is 4.94. The Balaban J connectivity index is 1.77. The minimum atomic E-state index is -0.753. The predicted molar refractivity (Wildman–Crippen MR) is 102 cm³/mol. The van der Waals surface area contributed by atoms with E-state index in [1.165, 1.54) is 14.2 Å². The van der Waals surface area contributed by atoms with Crippen LogP contribution in [0.1, 0.15) is 0 Å². The van der Waals surface area contributed by atoms with Gasteiger partial charge in [0.25, 0.3) is 11.8 Å². The lowest BCUT2D eigenvalue weighted by atomic mass is 9.99. The van der Waals surface area contributed by atoms with Crippen LogP contribution in [0, 0.1) is 0 Å². The first-order valence-corrected chi connectivity index (χ1v) is 8.92. The molecule has 150 valence electrons. The minimum Gasteiger partial charge on any atom is -0.366 e. The third-order valence-electron chi connectivity index (χ3n) is 4.69. The number of likely N-dealkylation sites (N-methyl/N-ethyl adjacent to an activating group) is 1. The van der Waals surface area contributed by atoms with Crippen molar-refractivity contribution in [2.75, 3.05) is 32.7 Å². The molecular formula is C18H21ClN4O5. The fourth-order valence-corrected chi connectivity index (χ4v) is 3.39. The number of hydrogen-bond acceptors (Lipinski definition) is 6. The molecule has 1 aromatic rings. The molecule has 0 saturated carbocycles. The number of benzene rings is 1. The van der Waals surface area contributed by atoms with Gasteiger partial charge in [0.2, 0.25) is 0 Å². The van der Waals surface area contributed by atoms with Gasteiger partial charge in [0.05, 0.1) is 23.8 Å². The third kappa shape index (κ3) is 3.68. The van der Waals surface area contributed by atoms with Gasteiger partial charge in [-0.3, -0.25) is 9.59 Å². The van der Waals surface area contributed by atoms with Crippen molar-refractivity contribution < 1.29 is 23.9 Å². The zero-order chi connectivity index (χ0) is 20.4. The van der Waals surface area contributed by atoms with E-state index >= 15 is 0 Å². The molecule has 4 amide bonds. The number of amides is 4. The highest BCUT2D eigenvalue weighted by Crippen LogP contribution is 2.29. The molecule has 9 nitrogen and oxygen atoms in total. The van der Waals surface area contributed by atoms with Crippen LogP contribution in [0.15, 0.2) is 36.0 Å². The van der Waals surface area contributed by atoms with E-state index in [-0.39, 0.29) is 12.1 Å². The average Bonchev–Trinajstić information content (AvgIpc) is 3.00. The number of fused-ring (bicyclic) bond motifs is 1. The van der Waals surface area contributed by atoms with E-state index < -0.39 is 36.2 Å². The zero-order valence-electron chi connectivity index (χ0n) is 15.6. The van der Waals surface area contributed by atoms with Gasteiger partial charge in [-0.15, -0.1) is 0 Å². The molecule has 3 rings (SSSR count). The van der Waals surface area contributed by atoms with Crippen LogP contribution in [0.2, 0.25) is 5.02 Å². The number of methoxy groups -OCH3 is 2. The van der Waals surface area contributed by atoms with E-state index in [9.17, 15) is 14.4 Å². The fourth-order valence-electron chi connectivity index (χ4n) is 3.26. The molecule has 2 N–H and O–H groups in total. The molecule has 2 aliphatic heterocycles. The maximum Gasteiger partial charge on any atom is 0.329 e. The number of ether oxygens (including phenoxy) is 2. The number of rotatable bonds is 6. The van der Waals surface area contributed by atoms with E-state index in [1.54, 1.807) is 42.4 Å². The second-order valence-electron chi connectivity index (χ2n) is 6.38. The summed E-state index contributed by atoms with van der Waals surface area (Å²) >= 11 is 5.88. The summed E-state index contributed by atoms with van der Waals surface area (Å²) in [7, 11) is 4.61. The fraction of sp³-hybridized carbons (Fsp3) is 0.389. The monoisotopic (exact) mass is 408 g/mol. The Morgan fingerprint density at radius 3 is 2.50 bits per heavy atom. The molecule has 1 aromatic carbocycles. The van der Waals surface area contributed by atoms with E-state index in [4.69, 9.17) is 21.1 Å². The average molecular weight is 409 g/mol. The first-order valence-electron chi connectivity index (χ1n) is 8.54. The van der Waals surface area contributed by atoms with E-state index in [0.717, 1.165) is 4.90 Å². The summed E-state index contributed by atoms with van der Waals surface area (Å²) in [6.45, 7) is 0.128. The lowest BCUT2D eigenvalue weighted by Gasteiger charge is -2.37. The Morgan fingerprint density at radius 1 is 1.25 bits per heavy atom. The van der Waals surface area contributed by atoms with Gasteiger partial charge in [-0.25, -0.2) is 9.69 Å². The van der Waals surface area contributed by atoms with Gasteiger partial charge in [-0.05, 0) is 24.3 Å². The standard InChI is InChI=1S/C18H21ClN4O5/c1-22-9-12(16(24)20-8-13(27-2)28-3)14-15(22)17(25)23(18(26)21-14)11-6-4-10(19)5-7-11/h4-7,9,13-15H,8H2,1-3H3,(H,20,24)(H,21,26). The van der Waals surface area contributed by atoms with Gasteiger partial charge < -0.3 is 25.0 Å². The predicted octanol–water partition coefficient (Wildman–Crippen LogP) is 0.698. The van der Waals surface area contributed by atoms with Crippen LogP contribution < -0.4 is 15.5 Å². The smallest absolute Gasteiger partial charge is 0.329 e. The van der Waals surface area contributed by atoms with Crippen molar-refractivity contribution in [3.8, 4) is 0 Å². The van der Waals surface area contributed by atoms with Gasteiger partial charge in [0, 0.05) is 32.5 Å². The van der Waals surface area contributed by atoms with Crippen molar-refractivity contribution in [3.05, 3.63) is 41.1 Å². The number of carbonyl (C=O) groups is 3. The highest BCUT2D eigenvalue weighted by atomic mass is 35.5. The second-order valence-corrected chi connectivity index (χ2v) is 6.82. The molecule has 2 unspecified atom stereocenters. The van der Waals surface area contributed by atoms with Crippen LogP contribution in [0.5, 0.6) is 0 Å². The molecule has 1 saturated heterocycles. The molecular weight excluding hydrogens is 388 g/mol. The Hall–Kier alpha value is -2.62. The maximum atomic E-state index is 13.0. The van der Waals surface area contributed by atoms with Gasteiger partial charge in [0.15, 0.2) is 6.29 Å². The summed E-state index contributed by atoms with van der Waals surface area (Å²) in [6, 6.07) is 4.29. The second kappa shape index (κ2) is 8.17. The molecule has 2 heterocycles. The van der Waals surface area contributed by atoms with E-state index in [1.807, 2.05) is 0 Å². The normalized spacial score (nSPS) is 21.5. The number of nitrogens with zero attached hydrogens (tertiary/aromatic N) is 2. The molecule has 2 atom stereocenters. The SMILES string of the molecule is COC(CNC(=O)C1=CN(C)C2C(=O)N(c3ccc(Cl)cc3)C(=O)NC12)OC. The number of halogens is 1.